The molecule has 0 aliphatic carbocycles. The lowest BCUT2D eigenvalue weighted by Gasteiger charge is -2.21. The first kappa shape index (κ1) is 27.6. The van der Waals surface area contributed by atoms with E-state index < -0.39 is 5.60 Å². The highest BCUT2D eigenvalue weighted by molar-refractivity contribution is 7.98. The zero-order valence-electron chi connectivity index (χ0n) is 23.0. The van der Waals surface area contributed by atoms with Crippen LogP contribution in [0.25, 0.3) is 11.0 Å². The quantitative estimate of drug-likeness (QED) is 0.266. The number of benzene rings is 2. The van der Waals surface area contributed by atoms with Crippen LogP contribution in [0.15, 0.2) is 73.2 Å². The lowest BCUT2D eigenvalue weighted by atomic mass is 10.1. The lowest BCUT2D eigenvalue weighted by Crippen LogP contribution is -2.24. The Bertz CT molecular complexity index is 1340. The van der Waals surface area contributed by atoms with E-state index in [1.165, 1.54) is 5.56 Å². The SMILES string of the molecule is CC(C)(C)Oc1ncnc2c(CN3C[C@H](CSCc4ccccc4)[C@@H](O)C3)cn(COCc3ccccc3)c12. The van der Waals surface area contributed by atoms with Crippen molar-refractivity contribution in [2.24, 2.45) is 5.92 Å². The zero-order valence-corrected chi connectivity index (χ0v) is 23.8. The molecule has 2 atom stereocenters. The Kier molecular flexibility index (Phi) is 8.87. The van der Waals surface area contributed by atoms with E-state index in [-0.39, 0.29) is 12.0 Å². The molecule has 0 bridgehead atoms. The third-order valence-electron chi connectivity index (χ3n) is 6.76. The Hall–Kier alpha value is -2.91. The summed E-state index contributed by atoms with van der Waals surface area (Å²) in [4.78, 5) is 11.5. The summed E-state index contributed by atoms with van der Waals surface area (Å²) in [6.45, 7) is 9.14. The number of fused-ring (bicyclic) bond motifs is 1. The summed E-state index contributed by atoms with van der Waals surface area (Å²) in [5, 5.41) is 10.8. The van der Waals surface area contributed by atoms with Crippen molar-refractivity contribution in [1.29, 1.82) is 0 Å². The number of thioether (sulfide) groups is 1. The molecule has 8 heteroatoms. The van der Waals surface area contributed by atoms with Gasteiger partial charge in [0.15, 0.2) is 0 Å². The van der Waals surface area contributed by atoms with E-state index in [1.807, 2.05) is 61.4 Å². The molecule has 0 saturated carbocycles. The summed E-state index contributed by atoms with van der Waals surface area (Å²) in [6, 6.07) is 20.7. The Morgan fingerprint density at radius 1 is 0.974 bits per heavy atom. The predicted molar refractivity (Wildman–Crippen MR) is 157 cm³/mol. The molecule has 0 amide bonds. The second kappa shape index (κ2) is 12.5. The van der Waals surface area contributed by atoms with Gasteiger partial charge in [0.2, 0.25) is 5.88 Å². The standard InChI is InChI=1S/C31H38N4O3S/c1-31(2,3)38-30-29-28(32-21-33-30)25(16-35(29)22-37-18-23-10-6-4-7-11-23)14-34-15-26(27(36)17-34)20-39-19-24-12-8-5-9-13-24/h4-13,16,21,26-27,36H,14-15,17-20,22H2,1-3H3/t26-,27+/m1/s1. The zero-order chi connectivity index (χ0) is 27.2. The molecule has 1 N–H and O–H groups in total. The Balaban J connectivity index is 1.29. The van der Waals surface area contributed by atoms with Gasteiger partial charge >= 0.3 is 0 Å². The summed E-state index contributed by atoms with van der Waals surface area (Å²) in [6.07, 6.45) is 3.35. The first-order valence-electron chi connectivity index (χ1n) is 13.5. The maximum absolute atomic E-state index is 10.8. The topological polar surface area (TPSA) is 72.6 Å². The minimum atomic E-state index is -0.398. The first-order chi connectivity index (χ1) is 18.9. The number of ether oxygens (including phenoxy) is 2. The number of aromatic nitrogens is 3. The molecule has 2 aromatic carbocycles. The average Bonchev–Trinajstić information content (AvgIpc) is 3.44. The van der Waals surface area contributed by atoms with Crippen molar-refractivity contribution >= 4 is 22.8 Å². The van der Waals surface area contributed by atoms with Gasteiger partial charge < -0.3 is 19.1 Å². The third kappa shape index (κ3) is 7.39. The number of aliphatic hydroxyl groups is 1. The molecule has 1 fully saturated rings. The molecule has 0 unspecified atom stereocenters. The van der Waals surface area contributed by atoms with E-state index in [2.05, 4.69) is 57.5 Å². The number of hydrogen-bond donors (Lipinski definition) is 1. The normalized spacial score (nSPS) is 18.2. The Morgan fingerprint density at radius 2 is 1.69 bits per heavy atom. The molecule has 1 saturated heterocycles. The van der Waals surface area contributed by atoms with Crippen molar-refractivity contribution in [3.8, 4) is 5.88 Å². The smallest absolute Gasteiger partial charge is 0.242 e. The van der Waals surface area contributed by atoms with Crippen LogP contribution in [-0.4, -0.2) is 55.1 Å². The molecule has 1 aliphatic rings. The van der Waals surface area contributed by atoms with Crippen molar-refractivity contribution in [1.82, 2.24) is 19.4 Å². The van der Waals surface area contributed by atoms with E-state index in [0.717, 1.165) is 40.2 Å². The van der Waals surface area contributed by atoms with Crippen LogP contribution < -0.4 is 4.74 Å². The van der Waals surface area contributed by atoms with Gasteiger partial charge in [-0.1, -0.05) is 60.7 Å². The number of hydrogen-bond acceptors (Lipinski definition) is 7. The minimum absolute atomic E-state index is 0.246. The molecule has 1 aliphatic heterocycles. The van der Waals surface area contributed by atoms with E-state index in [1.54, 1.807) is 6.33 Å². The number of nitrogens with zero attached hydrogens (tertiary/aromatic N) is 4. The summed E-state index contributed by atoms with van der Waals surface area (Å²) in [7, 11) is 0. The molecule has 2 aromatic heterocycles. The van der Waals surface area contributed by atoms with Gasteiger partial charge in [-0.15, -0.1) is 0 Å². The van der Waals surface area contributed by atoms with E-state index >= 15 is 0 Å². The van der Waals surface area contributed by atoms with Crippen molar-refractivity contribution in [3.05, 3.63) is 89.9 Å². The third-order valence-corrected chi connectivity index (χ3v) is 7.96. The molecular weight excluding hydrogens is 508 g/mol. The van der Waals surface area contributed by atoms with Crippen LogP contribution in [0.2, 0.25) is 0 Å². The summed E-state index contributed by atoms with van der Waals surface area (Å²) < 4.78 is 14.4. The largest absolute Gasteiger partial charge is 0.470 e. The van der Waals surface area contributed by atoms with E-state index in [4.69, 9.17) is 9.47 Å². The van der Waals surface area contributed by atoms with Gasteiger partial charge in [-0.3, -0.25) is 4.90 Å². The van der Waals surface area contributed by atoms with Gasteiger partial charge in [0.25, 0.3) is 0 Å². The van der Waals surface area contributed by atoms with E-state index in [9.17, 15) is 5.11 Å². The number of likely N-dealkylation sites (tertiary alicyclic amines) is 1. The highest BCUT2D eigenvalue weighted by Gasteiger charge is 2.32. The summed E-state index contributed by atoms with van der Waals surface area (Å²) in [5.74, 6) is 2.70. The molecular formula is C31H38N4O3S. The molecule has 4 aromatic rings. The van der Waals surface area contributed by atoms with Gasteiger partial charge in [0, 0.05) is 48.8 Å². The Morgan fingerprint density at radius 3 is 2.41 bits per heavy atom. The predicted octanol–water partition coefficient (Wildman–Crippen LogP) is 5.51. The van der Waals surface area contributed by atoms with Crippen LogP contribution in [0.5, 0.6) is 5.88 Å². The molecule has 206 valence electrons. The van der Waals surface area contributed by atoms with Crippen LogP contribution in [0.1, 0.15) is 37.5 Å². The van der Waals surface area contributed by atoms with Crippen LogP contribution >= 0.6 is 11.8 Å². The highest BCUT2D eigenvalue weighted by atomic mass is 32.2. The van der Waals surface area contributed by atoms with Crippen molar-refractivity contribution in [2.45, 2.75) is 58.1 Å². The fourth-order valence-electron chi connectivity index (χ4n) is 4.97. The molecule has 39 heavy (non-hydrogen) atoms. The maximum atomic E-state index is 10.8. The lowest BCUT2D eigenvalue weighted by molar-refractivity contribution is 0.0654. The molecule has 5 rings (SSSR count). The first-order valence-corrected chi connectivity index (χ1v) is 14.7. The summed E-state index contributed by atoms with van der Waals surface area (Å²) in [5.41, 5.74) is 4.83. The average molecular weight is 547 g/mol. The fourth-order valence-corrected chi connectivity index (χ4v) is 6.14. The van der Waals surface area contributed by atoms with E-state index in [0.29, 0.717) is 32.3 Å². The van der Waals surface area contributed by atoms with Crippen molar-refractivity contribution in [2.75, 3.05) is 18.8 Å². The maximum Gasteiger partial charge on any atom is 0.242 e. The van der Waals surface area contributed by atoms with Gasteiger partial charge in [-0.2, -0.15) is 16.7 Å². The summed E-state index contributed by atoms with van der Waals surface area (Å²) >= 11 is 1.89. The Labute approximate surface area is 235 Å². The van der Waals surface area contributed by atoms with Crippen LogP contribution in [0.4, 0.5) is 0 Å². The second-order valence-electron chi connectivity index (χ2n) is 11.2. The molecule has 3 heterocycles. The van der Waals surface area contributed by atoms with Gasteiger partial charge in [0.1, 0.15) is 29.7 Å². The van der Waals surface area contributed by atoms with Crippen LogP contribution in [-0.2, 0) is 30.4 Å². The molecule has 7 nitrogen and oxygen atoms in total. The number of β-amino-alcohol motifs (C(OH)–C–C–N with tert-alkyl or cyclic N) is 1. The van der Waals surface area contributed by atoms with Crippen molar-refractivity contribution in [3.63, 3.8) is 0 Å². The minimum Gasteiger partial charge on any atom is -0.470 e. The number of aliphatic hydroxyl groups excluding tert-OH is 1. The van der Waals surface area contributed by atoms with Crippen molar-refractivity contribution < 1.29 is 14.6 Å². The van der Waals surface area contributed by atoms with Gasteiger partial charge in [0.05, 0.1) is 12.7 Å². The second-order valence-corrected chi connectivity index (χ2v) is 12.2. The van der Waals surface area contributed by atoms with Crippen LogP contribution in [0, 0.1) is 5.92 Å². The van der Waals surface area contributed by atoms with Crippen LogP contribution in [0.3, 0.4) is 0 Å². The monoisotopic (exact) mass is 546 g/mol. The van der Waals surface area contributed by atoms with Gasteiger partial charge in [-0.05, 0) is 31.9 Å². The fraction of sp³-hybridized carbons (Fsp3) is 0.419. The number of rotatable bonds is 11. The highest BCUT2D eigenvalue weighted by Crippen LogP contribution is 2.31. The molecule has 0 spiro atoms. The van der Waals surface area contributed by atoms with Gasteiger partial charge in [-0.25, -0.2) is 4.98 Å². The molecule has 0 radical (unpaired) electrons.